The van der Waals surface area contributed by atoms with Crippen LogP contribution in [-0.2, 0) is 15.2 Å². The van der Waals surface area contributed by atoms with Crippen LogP contribution in [0.3, 0.4) is 0 Å². The maximum Gasteiger partial charge on any atom is 0.407 e. The normalized spacial score (nSPS) is 20.6. The van der Waals surface area contributed by atoms with Crippen molar-refractivity contribution in [1.82, 2.24) is 25.2 Å². The summed E-state index contributed by atoms with van der Waals surface area (Å²) in [6.45, 7) is 7.31. The monoisotopic (exact) mass is 563 g/mol. The van der Waals surface area contributed by atoms with Gasteiger partial charge in [-0.1, -0.05) is 0 Å². The summed E-state index contributed by atoms with van der Waals surface area (Å²) in [5, 5.41) is 11.7. The molecule has 0 unspecified atom stereocenters. The zero-order valence-corrected chi connectivity index (χ0v) is 24.0. The molecule has 0 saturated heterocycles. The van der Waals surface area contributed by atoms with E-state index in [9.17, 15) is 19.2 Å². The molecule has 0 atom stereocenters. The van der Waals surface area contributed by atoms with Gasteiger partial charge in [0.1, 0.15) is 40.6 Å². The first-order chi connectivity index (χ1) is 19.3. The number of anilines is 3. The number of aryl methyl sites for hydroxylation is 1. The minimum absolute atomic E-state index is 0.157. The Morgan fingerprint density at radius 3 is 2.29 bits per heavy atom. The second-order valence-corrected chi connectivity index (χ2v) is 13.2. The van der Waals surface area contributed by atoms with Crippen molar-refractivity contribution in [2.75, 3.05) is 17.2 Å². The predicted octanol–water partition coefficient (Wildman–Crippen LogP) is 3.68. The fourth-order valence-corrected chi connectivity index (χ4v) is 6.14. The molecule has 41 heavy (non-hydrogen) atoms. The van der Waals surface area contributed by atoms with Crippen molar-refractivity contribution in [3.63, 3.8) is 0 Å². The maximum atomic E-state index is 13.8. The van der Waals surface area contributed by atoms with Crippen LogP contribution < -0.4 is 26.8 Å². The third-order valence-corrected chi connectivity index (χ3v) is 8.95. The van der Waals surface area contributed by atoms with Crippen molar-refractivity contribution in [3.05, 3.63) is 40.1 Å². The van der Waals surface area contributed by atoms with E-state index >= 15 is 0 Å². The van der Waals surface area contributed by atoms with E-state index < -0.39 is 22.8 Å². The van der Waals surface area contributed by atoms with Crippen LogP contribution in [-0.4, -0.2) is 44.6 Å². The van der Waals surface area contributed by atoms with E-state index in [1.165, 1.54) is 19.2 Å². The fourth-order valence-electron chi connectivity index (χ4n) is 6.14. The number of pyridine rings is 1. The molecule has 3 amide bonds. The van der Waals surface area contributed by atoms with Gasteiger partial charge in [-0.2, -0.15) is 0 Å². The Labute approximate surface area is 238 Å². The second kappa shape index (κ2) is 9.28. The number of nitrogens with one attached hydrogen (secondary N) is 4. The molecule has 3 heterocycles. The summed E-state index contributed by atoms with van der Waals surface area (Å²) >= 11 is 0. The zero-order chi connectivity index (χ0) is 29.2. The van der Waals surface area contributed by atoms with E-state index in [4.69, 9.17) is 4.74 Å². The zero-order valence-electron chi connectivity index (χ0n) is 24.0. The first-order valence-corrected chi connectivity index (χ1v) is 14.3. The Hall–Kier alpha value is -3.96. The number of hydrogen-bond donors (Lipinski definition) is 4. The number of aromatic nitrogens is 3. The van der Waals surface area contributed by atoms with Gasteiger partial charge in [-0.3, -0.25) is 19.0 Å². The Bertz CT molecular complexity index is 1490. The highest BCUT2D eigenvalue weighted by atomic mass is 16.6. The lowest BCUT2D eigenvalue weighted by Crippen LogP contribution is -2.50. The number of fused-ring (bicyclic) bond motifs is 2. The molecule has 2 aromatic heterocycles. The van der Waals surface area contributed by atoms with Crippen LogP contribution in [0.5, 0.6) is 0 Å². The molecule has 12 heteroatoms. The number of carbonyl (C=O) groups is 3. The average molecular weight is 564 g/mol. The van der Waals surface area contributed by atoms with Crippen LogP contribution in [0.15, 0.2) is 23.3 Å². The fraction of sp³-hybridized carbons (Fsp3) is 0.586. The molecule has 4 aliphatic rings. The summed E-state index contributed by atoms with van der Waals surface area (Å²) in [6, 6.07) is 3.22. The van der Waals surface area contributed by atoms with E-state index in [-0.39, 0.29) is 29.7 Å². The molecule has 12 nitrogen and oxygen atoms in total. The van der Waals surface area contributed by atoms with Crippen LogP contribution in [0.25, 0.3) is 0 Å². The van der Waals surface area contributed by atoms with Gasteiger partial charge in [0, 0.05) is 12.6 Å². The van der Waals surface area contributed by atoms with E-state index in [0.717, 1.165) is 25.7 Å². The van der Waals surface area contributed by atoms with E-state index in [0.29, 0.717) is 41.0 Å². The Morgan fingerprint density at radius 2 is 1.66 bits per heavy atom. The number of hydrogen-bond acceptors (Lipinski definition) is 8. The van der Waals surface area contributed by atoms with Gasteiger partial charge in [0.25, 0.3) is 11.5 Å². The predicted molar refractivity (Wildman–Crippen MR) is 151 cm³/mol. The SMILES string of the molecule is Cc1cc(Nc2cc(NC(=O)C3(CNC(=O)OC(C)(C)C)CC3)ncn2)c(=O)n2c1C(=O)NC21CCC2(CC2)CC1. The van der Waals surface area contributed by atoms with Crippen molar-refractivity contribution in [2.24, 2.45) is 10.8 Å². The number of ether oxygens (including phenoxy) is 1. The molecule has 0 bridgehead atoms. The average Bonchev–Trinajstić information content (AvgIpc) is 3.82. The summed E-state index contributed by atoms with van der Waals surface area (Å²) in [5.74, 6) is 0.129. The number of rotatable bonds is 6. The summed E-state index contributed by atoms with van der Waals surface area (Å²) in [6.07, 6.45) is 7.93. The molecule has 0 aromatic carbocycles. The first kappa shape index (κ1) is 27.2. The third kappa shape index (κ3) is 5.15. The summed E-state index contributed by atoms with van der Waals surface area (Å²) in [5.41, 5.74) is -0.527. The molecule has 4 N–H and O–H groups in total. The van der Waals surface area contributed by atoms with Crippen molar-refractivity contribution in [2.45, 2.75) is 90.3 Å². The van der Waals surface area contributed by atoms with Crippen molar-refractivity contribution in [1.29, 1.82) is 0 Å². The van der Waals surface area contributed by atoms with Gasteiger partial charge in [-0.25, -0.2) is 14.8 Å². The molecule has 3 fully saturated rings. The van der Waals surface area contributed by atoms with Crippen LogP contribution in [0.4, 0.5) is 22.1 Å². The van der Waals surface area contributed by atoms with Gasteiger partial charge in [0.2, 0.25) is 5.91 Å². The van der Waals surface area contributed by atoms with Crippen molar-refractivity contribution in [3.8, 4) is 0 Å². The minimum Gasteiger partial charge on any atom is -0.444 e. The topological polar surface area (TPSA) is 156 Å². The number of carbonyl (C=O) groups excluding carboxylic acids is 3. The molecule has 3 aliphatic carbocycles. The van der Waals surface area contributed by atoms with Gasteiger partial charge in [0.15, 0.2) is 0 Å². The Morgan fingerprint density at radius 1 is 1.00 bits per heavy atom. The molecule has 1 aliphatic heterocycles. The molecule has 6 rings (SSSR count). The van der Waals surface area contributed by atoms with Crippen LogP contribution in [0.2, 0.25) is 0 Å². The molecule has 2 spiro atoms. The number of amides is 3. The smallest absolute Gasteiger partial charge is 0.407 e. The van der Waals surface area contributed by atoms with E-state index in [1.54, 1.807) is 37.5 Å². The van der Waals surface area contributed by atoms with E-state index in [1.807, 2.05) is 6.92 Å². The molecular formula is C29H37N7O5. The summed E-state index contributed by atoms with van der Waals surface area (Å²) in [4.78, 5) is 60.3. The van der Waals surface area contributed by atoms with E-state index in [2.05, 4.69) is 31.2 Å². The molecule has 0 radical (unpaired) electrons. The van der Waals surface area contributed by atoms with Crippen LogP contribution in [0, 0.1) is 17.8 Å². The van der Waals surface area contributed by atoms with Gasteiger partial charge >= 0.3 is 6.09 Å². The lowest BCUT2D eigenvalue weighted by Gasteiger charge is -2.39. The standard InChI is InChI=1S/C29H37N7O5/c1-17-13-18(23(38)36-21(17)22(37)35-29(36)11-7-27(5-6-27)8-12-29)33-19-14-20(32-16-31-19)34-24(39)28(9-10-28)15-30-25(40)41-26(2,3)4/h13-14,16H,5-12,15H2,1-4H3,(H,30,40)(H,35,37)(H2,31,32,33,34,39). The highest BCUT2D eigenvalue weighted by Gasteiger charge is 2.54. The summed E-state index contributed by atoms with van der Waals surface area (Å²) < 4.78 is 6.92. The minimum atomic E-state index is -0.724. The van der Waals surface area contributed by atoms with Gasteiger partial charge < -0.3 is 26.0 Å². The lowest BCUT2D eigenvalue weighted by atomic mass is 9.79. The molecular weight excluding hydrogens is 526 g/mol. The van der Waals surface area contributed by atoms with Gasteiger partial charge in [0.05, 0.1) is 5.41 Å². The Kier molecular flexibility index (Phi) is 6.16. The number of alkyl carbamates (subject to hydrolysis) is 1. The summed E-state index contributed by atoms with van der Waals surface area (Å²) in [7, 11) is 0. The van der Waals surface area contributed by atoms with Gasteiger partial charge in [-0.05, 0) is 96.1 Å². The van der Waals surface area contributed by atoms with Gasteiger partial charge in [-0.15, -0.1) is 0 Å². The Balaban J connectivity index is 1.17. The first-order valence-electron chi connectivity index (χ1n) is 14.3. The van der Waals surface area contributed by atoms with Crippen molar-refractivity contribution < 1.29 is 19.1 Å². The van der Waals surface area contributed by atoms with Crippen LogP contribution >= 0.6 is 0 Å². The molecule has 3 saturated carbocycles. The third-order valence-electron chi connectivity index (χ3n) is 8.95. The van der Waals surface area contributed by atoms with Crippen molar-refractivity contribution >= 4 is 35.2 Å². The molecule has 2 aromatic rings. The maximum absolute atomic E-state index is 13.8. The highest BCUT2D eigenvalue weighted by molar-refractivity contribution is 5.98. The lowest BCUT2D eigenvalue weighted by molar-refractivity contribution is -0.121. The quantitative estimate of drug-likeness (QED) is 0.415. The largest absolute Gasteiger partial charge is 0.444 e. The van der Waals surface area contributed by atoms with Crippen LogP contribution in [0.1, 0.15) is 88.2 Å². The number of nitrogens with zero attached hydrogens (tertiary/aromatic N) is 3. The highest BCUT2D eigenvalue weighted by Crippen LogP contribution is 2.59. The second-order valence-electron chi connectivity index (χ2n) is 13.2. The molecule has 218 valence electrons.